The van der Waals surface area contributed by atoms with Gasteiger partial charge in [0, 0.05) is 0 Å². The molecule has 71 valence electrons. The number of likely N-dealkylation sites (tertiary alicyclic amines) is 1. The number of hydrogen-bond acceptors (Lipinski definition) is 2. The molecule has 0 unspecified atom stereocenters. The molecule has 2 nitrogen and oxygen atoms in total. The van der Waals surface area contributed by atoms with Crippen LogP contribution in [0.2, 0.25) is 0 Å². The molecule has 1 aliphatic heterocycles. The first kappa shape index (κ1) is 8.82. The third-order valence-electron chi connectivity index (χ3n) is 2.67. The molecule has 0 atom stereocenters. The normalized spacial score (nSPS) is 20.7. The van der Waals surface area contributed by atoms with Crippen LogP contribution in [0, 0.1) is 12.8 Å². The van der Waals surface area contributed by atoms with E-state index in [1.807, 2.05) is 12.1 Å². The van der Waals surface area contributed by atoms with E-state index in [1.165, 1.54) is 12.8 Å². The molecule has 2 heterocycles. The highest BCUT2D eigenvalue weighted by molar-refractivity contribution is 4.98. The summed E-state index contributed by atoms with van der Waals surface area (Å²) in [6, 6.07) is 3.99. The summed E-state index contributed by atoms with van der Waals surface area (Å²) in [5.41, 5.74) is 0. The Balaban J connectivity index is 1.83. The predicted octanol–water partition coefficient (Wildman–Crippen LogP) is 2.33. The first-order valence-electron chi connectivity index (χ1n) is 4.92. The third-order valence-corrected chi connectivity index (χ3v) is 2.67. The van der Waals surface area contributed by atoms with Gasteiger partial charge in [0.15, 0.2) is 0 Å². The fourth-order valence-electron chi connectivity index (χ4n) is 1.77. The molecule has 0 saturated carbocycles. The Kier molecular flexibility index (Phi) is 2.69. The van der Waals surface area contributed by atoms with Crippen LogP contribution in [-0.2, 0) is 6.54 Å². The van der Waals surface area contributed by atoms with Crippen molar-refractivity contribution in [3.8, 4) is 0 Å². The van der Waals surface area contributed by atoms with E-state index >= 15 is 0 Å². The largest absolute Gasteiger partial charge is 0.468 e. The summed E-state index contributed by atoms with van der Waals surface area (Å²) < 4.78 is 5.31. The average Bonchev–Trinajstić information content (AvgIpc) is 2.62. The van der Waals surface area contributed by atoms with Gasteiger partial charge in [0.2, 0.25) is 0 Å². The van der Waals surface area contributed by atoms with Crippen LogP contribution in [0.5, 0.6) is 0 Å². The summed E-state index contributed by atoms with van der Waals surface area (Å²) in [6.45, 7) is 7.36. The first-order chi connectivity index (χ1) is 6.34. The van der Waals surface area contributed by atoms with Crippen LogP contribution < -0.4 is 0 Å². The van der Waals surface area contributed by atoms with Crippen LogP contribution in [0.1, 0.15) is 18.6 Å². The lowest BCUT2D eigenvalue weighted by molar-refractivity contribution is 0.182. The number of nitrogens with zero attached hydrogens (tertiary/aromatic N) is 1. The molecule has 1 aliphatic rings. The molecule has 1 saturated heterocycles. The predicted molar refractivity (Wildman–Crippen MR) is 52.1 cm³/mol. The molecule has 1 radical (unpaired) electrons. The highest BCUT2D eigenvalue weighted by Crippen LogP contribution is 2.17. The molecule has 0 amide bonds. The maximum Gasteiger partial charge on any atom is 0.117 e. The van der Waals surface area contributed by atoms with Gasteiger partial charge >= 0.3 is 0 Å². The summed E-state index contributed by atoms with van der Waals surface area (Å²) in [7, 11) is 0. The van der Waals surface area contributed by atoms with Crippen LogP contribution in [0.4, 0.5) is 0 Å². The fraction of sp³-hybridized carbons (Fsp3) is 0.545. The van der Waals surface area contributed by atoms with E-state index < -0.39 is 0 Å². The van der Waals surface area contributed by atoms with Gasteiger partial charge in [0.05, 0.1) is 12.8 Å². The summed E-state index contributed by atoms with van der Waals surface area (Å²) in [5.74, 6) is 1.73. The number of hydrogen-bond donors (Lipinski definition) is 0. The Morgan fingerprint density at radius 3 is 2.85 bits per heavy atom. The molecule has 1 fully saturated rings. The standard InChI is InChI=1S/C11H16NO/c1-10-4-6-12(7-5-10)9-11-3-2-8-13-11/h2-3,8,10H,1,4-7,9H2. The van der Waals surface area contributed by atoms with E-state index in [1.54, 1.807) is 6.26 Å². The van der Waals surface area contributed by atoms with Gasteiger partial charge in [0.1, 0.15) is 5.76 Å². The maximum atomic E-state index is 5.31. The van der Waals surface area contributed by atoms with Crippen LogP contribution in [0.3, 0.4) is 0 Å². The highest BCUT2D eigenvalue weighted by atomic mass is 16.3. The van der Waals surface area contributed by atoms with Crippen LogP contribution in [0.15, 0.2) is 22.8 Å². The topological polar surface area (TPSA) is 16.4 Å². The lowest BCUT2D eigenvalue weighted by atomic mass is 9.99. The van der Waals surface area contributed by atoms with Crippen LogP contribution >= 0.6 is 0 Å². The summed E-state index contributed by atoms with van der Waals surface area (Å²) in [6.07, 6.45) is 4.19. The molecule has 1 aromatic heterocycles. The fourth-order valence-corrected chi connectivity index (χ4v) is 1.77. The van der Waals surface area contributed by atoms with Gasteiger partial charge < -0.3 is 4.42 Å². The Labute approximate surface area is 79.5 Å². The van der Waals surface area contributed by atoms with E-state index in [0.717, 1.165) is 25.4 Å². The SMILES string of the molecule is [CH2]C1CCN(Cc2ccco2)CC1. The summed E-state index contributed by atoms with van der Waals surface area (Å²) >= 11 is 0. The van der Waals surface area contributed by atoms with Gasteiger partial charge in [-0.1, -0.05) is 6.92 Å². The second-order valence-electron chi connectivity index (χ2n) is 3.80. The highest BCUT2D eigenvalue weighted by Gasteiger charge is 2.16. The monoisotopic (exact) mass is 178 g/mol. The molecule has 0 spiro atoms. The second kappa shape index (κ2) is 3.97. The smallest absolute Gasteiger partial charge is 0.117 e. The van der Waals surface area contributed by atoms with E-state index in [4.69, 9.17) is 4.42 Å². The Hall–Kier alpha value is -0.760. The molecule has 0 N–H and O–H groups in total. The summed E-state index contributed by atoms with van der Waals surface area (Å²) in [4.78, 5) is 2.43. The van der Waals surface area contributed by atoms with Gasteiger partial charge in [-0.2, -0.15) is 0 Å². The molecule has 0 bridgehead atoms. The van der Waals surface area contributed by atoms with Gasteiger partial charge in [-0.25, -0.2) is 0 Å². The molecule has 1 aromatic rings. The van der Waals surface area contributed by atoms with Crippen molar-refractivity contribution in [1.82, 2.24) is 4.90 Å². The Morgan fingerprint density at radius 2 is 2.23 bits per heavy atom. The maximum absolute atomic E-state index is 5.31. The molecule has 2 rings (SSSR count). The molecule has 13 heavy (non-hydrogen) atoms. The van der Waals surface area contributed by atoms with E-state index in [9.17, 15) is 0 Å². The number of piperidine rings is 1. The van der Waals surface area contributed by atoms with Crippen molar-refractivity contribution < 1.29 is 4.42 Å². The Morgan fingerprint density at radius 1 is 1.46 bits per heavy atom. The molecular weight excluding hydrogens is 162 g/mol. The zero-order valence-electron chi connectivity index (χ0n) is 7.91. The third kappa shape index (κ3) is 2.34. The Bertz CT molecular complexity index is 235. The van der Waals surface area contributed by atoms with Crippen molar-refractivity contribution >= 4 is 0 Å². The molecular formula is C11H16NO. The van der Waals surface area contributed by atoms with Crippen molar-refractivity contribution in [3.63, 3.8) is 0 Å². The van der Waals surface area contributed by atoms with E-state index in [2.05, 4.69) is 11.8 Å². The zero-order valence-corrected chi connectivity index (χ0v) is 7.91. The van der Waals surface area contributed by atoms with Crippen molar-refractivity contribution in [2.24, 2.45) is 5.92 Å². The lowest BCUT2D eigenvalue weighted by Crippen LogP contribution is -2.32. The van der Waals surface area contributed by atoms with E-state index in [0.29, 0.717) is 5.92 Å². The van der Waals surface area contributed by atoms with Crippen LogP contribution in [0.25, 0.3) is 0 Å². The molecule has 2 heteroatoms. The number of rotatable bonds is 2. The van der Waals surface area contributed by atoms with Crippen LogP contribution in [-0.4, -0.2) is 18.0 Å². The van der Waals surface area contributed by atoms with Crippen molar-refractivity contribution in [2.45, 2.75) is 19.4 Å². The van der Waals surface area contributed by atoms with Gasteiger partial charge in [0.25, 0.3) is 0 Å². The molecule has 0 aliphatic carbocycles. The van der Waals surface area contributed by atoms with Gasteiger partial charge in [-0.15, -0.1) is 0 Å². The minimum atomic E-state index is 0.660. The van der Waals surface area contributed by atoms with Gasteiger partial charge in [-0.3, -0.25) is 4.90 Å². The van der Waals surface area contributed by atoms with Crippen molar-refractivity contribution in [2.75, 3.05) is 13.1 Å². The van der Waals surface area contributed by atoms with E-state index in [-0.39, 0.29) is 0 Å². The summed E-state index contributed by atoms with van der Waals surface area (Å²) in [5, 5.41) is 0. The van der Waals surface area contributed by atoms with Gasteiger partial charge in [-0.05, 0) is 44.0 Å². The zero-order chi connectivity index (χ0) is 9.10. The average molecular weight is 178 g/mol. The van der Waals surface area contributed by atoms with Crippen molar-refractivity contribution in [3.05, 3.63) is 31.1 Å². The minimum absolute atomic E-state index is 0.660. The quantitative estimate of drug-likeness (QED) is 0.691. The van der Waals surface area contributed by atoms with Crippen molar-refractivity contribution in [1.29, 1.82) is 0 Å². The number of furan rings is 1. The first-order valence-corrected chi connectivity index (χ1v) is 4.92. The minimum Gasteiger partial charge on any atom is -0.468 e. The second-order valence-corrected chi connectivity index (χ2v) is 3.80. The molecule has 0 aromatic carbocycles. The lowest BCUT2D eigenvalue weighted by Gasteiger charge is -2.29.